The molecule has 0 spiro atoms. The smallest absolute Gasteiger partial charge is 0.168 e. The van der Waals surface area contributed by atoms with Crippen molar-refractivity contribution in [2.24, 2.45) is 4.99 Å². The van der Waals surface area contributed by atoms with Crippen LogP contribution in [0.5, 0.6) is 5.75 Å². The molecule has 4 heteroatoms. The summed E-state index contributed by atoms with van der Waals surface area (Å²) in [6.07, 6.45) is 0. The Balaban J connectivity index is 2.14. The number of nitrogens with zero attached hydrogens (tertiary/aromatic N) is 2. The van der Waals surface area contributed by atoms with Crippen molar-refractivity contribution in [1.29, 1.82) is 0 Å². The van der Waals surface area contributed by atoms with Gasteiger partial charge in [0, 0.05) is 11.4 Å². The van der Waals surface area contributed by atoms with Crippen LogP contribution >= 0.6 is 11.8 Å². The SMILES string of the molecule is Oc1ccc2c(c1)SC1=NCCN12. The Morgan fingerprint density at radius 2 is 2.38 bits per heavy atom. The van der Waals surface area contributed by atoms with Crippen molar-refractivity contribution in [1.82, 2.24) is 0 Å². The molecule has 0 radical (unpaired) electrons. The molecule has 0 unspecified atom stereocenters. The second kappa shape index (κ2) is 2.42. The molecule has 1 aromatic rings. The zero-order valence-electron chi connectivity index (χ0n) is 6.90. The van der Waals surface area contributed by atoms with Gasteiger partial charge in [0.05, 0.1) is 12.2 Å². The normalized spacial score (nSPS) is 18.5. The number of amidine groups is 1. The Morgan fingerprint density at radius 1 is 1.46 bits per heavy atom. The molecular weight excluding hydrogens is 184 g/mol. The van der Waals surface area contributed by atoms with Crippen LogP contribution in [0.1, 0.15) is 0 Å². The molecule has 2 aliphatic heterocycles. The van der Waals surface area contributed by atoms with Crippen molar-refractivity contribution in [2.45, 2.75) is 4.90 Å². The van der Waals surface area contributed by atoms with E-state index in [-0.39, 0.29) is 0 Å². The van der Waals surface area contributed by atoms with Gasteiger partial charge in [-0.15, -0.1) is 0 Å². The lowest BCUT2D eigenvalue weighted by molar-refractivity contribution is 0.474. The number of fused-ring (bicyclic) bond motifs is 3. The Kier molecular flexibility index (Phi) is 1.35. The van der Waals surface area contributed by atoms with E-state index in [9.17, 15) is 5.11 Å². The molecule has 0 bridgehead atoms. The summed E-state index contributed by atoms with van der Waals surface area (Å²) in [7, 11) is 0. The highest BCUT2D eigenvalue weighted by atomic mass is 32.2. The van der Waals surface area contributed by atoms with Gasteiger partial charge in [0.2, 0.25) is 0 Å². The summed E-state index contributed by atoms with van der Waals surface area (Å²) in [6.45, 7) is 1.86. The third-order valence-electron chi connectivity index (χ3n) is 2.24. The van der Waals surface area contributed by atoms with Crippen LogP contribution < -0.4 is 4.90 Å². The molecule has 0 saturated carbocycles. The van der Waals surface area contributed by atoms with E-state index in [2.05, 4.69) is 9.89 Å². The lowest BCUT2D eigenvalue weighted by Gasteiger charge is -2.11. The minimum absolute atomic E-state index is 0.327. The van der Waals surface area contributed by atoms with Crippen molar-refractivity contribution < 1.29 is 5.11 Å². The van der Waals surface area contributed by atoms with E-state index in [1.54, 1.807) is 23.9 Å². The van der Waals surface area contributed by atoms with E-state index < -0.39 is 0 Å². The third kappa shape index (κ3) is 0.951. The summed E-state index contributed by atoms with van der Waals surface area (Å²) in [6, 6.07) is 5.47. The summed E-state index contributed by atoms with van der Waals surface area (Å²) >= 11 is 1.64. The first-order chi connectivity index (χ1) is 6.34. The number of aromatic hydroxyl groups is 1. The molecule has 3 rings (SSSR count). The molecular formula is C9H8N2OS. The maximum Gasteiger partial charge on any atom is 0.168 e. The number of anilines is 1. The lowest BCUT2D eigenvalue weighted by Crippen LogP contribution is -2.20. The van der Waals surface area contributed by atoms with E-state index >= 15 is 0 Å². The molecule has 2 heterocycles. The Labute approximate surface area is 80.1 Å². The largest absolute Gasteiger partial charge is 0.508 e. The van der Waals surface area contributed by atoms with E-state index in [4.69, 9.17) is 0 Å². The summed E-state index contributed by atoms with van der Waals surface area (Å²) < 4.78 is 0. The molecule has 66 valence electrons. The Morgan fingerprint density at radius 3 is 3.31 bits per heavy atom. The van der Waals surface area contributed by atoms with E-state index in [1.807, 2.05) is 6.07 Å². The van der Waals surface area contributed by atoms with Gasteiger partial charge in [-0.3, -0.25) is 4.99 Å². The van der Waals surface area contributed by atoms with Crippen LogP contribution in [-0.4, -0.2) is 23.4 Å². The molecule has 0 fully saturated rings. The first-order valence-corrected chi connectivity index (χ1v) is 4.99. The van der Waals surface area contributed by atoms with Crippen molar-refractivity contribution in [3.05, 3.63) is 18.2 Å². The second-order valence-electron chi connectivity index (χ2n) is 3.07. The van der Waals surface area contributed by atoms with Crippen LogP contribution in [0.4, 0.5) is 5.69 Å². The molecule has 0 saturated heterocycles. The highest BCUT2D eigenvalue weighted by molar-refractivity contribution is 8.14. The van der Waals surface area contributed by atoms with Crippen LogP contribution in [0.15, 0.2) is 28.1 Å². The Hall–Kier alpha value is -1.16. The van der Waals surface area contributed by atoms with Gasteiger partial charge < -0.3 is 10.0 Å². The van der Waals surface area contributed by atoms with Gasteiger partial charge in [-0.2, -0.15) is 0 Å². The quantitative estimate of drug-likeness (QED) is 0.679. The monoisotopic (exact) mass is 192 g/mol. The van der Waals surface area contributed by atoms with Gasteiger partial charge in [-0.25, -0.2) is 0 Å². The van der Waals surface area contributed by atoms with E-state index in [0.717, 1.165) is 23.2 Å². The highest BCUT2D eigenvalue weighted by Crippen LogP contribution is 2.43. The number of benzene rings is 1. The summed E-state index contributed by atoms with van der Waals surface area (Å²) in [4.78, 5) is 7.67. The van der Waals surface area contributed by atoms with Gasteiger partial charge in [-0.05, 0) is 30.0 Å². The predicted molar refractivity (Wildman–Crippen MR) is 53.6 cm³/mol. The van der Waals surface area contributed by atoms with Gasteiger partial charge in [0.25, 0.3) is 0 Å². The number of hydrogen-bond acceptors (Lipinski definition) is 4. The highest BCUT2D eigenvalue weighted by Gasteiger charge is 2.29. The van der Waals surface area contributed by atoms with Crippen molar-refractivity contribution in [2.75, 3.05) is 18.0 Å². The van der Waals surface area contributed by atoms with E-state index in [1.165, 1.54) is 5.69 Å². The summed E-state index contributed by atoms with van der Waals surface area (Å²) in [5, 5.41) is 10.4. The summed E-state index contributed by atoms with van der Waals surface area (Å²) in [5.41, 5.74) is 1.18. The molecule has 1 N–H and O–H groups in total. The van der Waals surface area contributed by atoms with Gasteiger partial charge >= 0.3 is 0 Å². The minimum atomic E-state index is 0.327. The third-order valence-corrected chi connectivity index (χ3v) is 3.32. The number of rotatable bonds is 0. The second-order valence-corrected chi connectivity index (χ2v) is 4.08. The fourth-order valence-electron chi connectivity index (χ4n) is 1.64. The van der Waals surface area contributed by atoms with E-state index in [0.29, 0.717) is 5.75 Å². The van der Waals surface area contributed by atoms with Crippen LogP contribution in [-0.2, 0) is 0 Å². The number of aliphatic imine (C=N–C) groups is 1. The Bertz CT molecular complexity index is 403. The van der Waals surface area contributed by atoms with Crippen LogP contribution in [0.25, 0.3) is 0 Å². The number of thioether (sulfide) groups is 1. The average molecular weight is 192 g/mol. The molecule has 0 aromatic heterocycles. The van der Waals surface area contributed by atoms with Crippen LogP contribution in [0.2, 0.25) is 0 Å². The number of phenolic OH excluding ortho intramolecular Hbond substituents is 1. The standard InChI is InChI=1S/C9H8N2OS/c12-6-1-2-7-8(5-6)13-9-10-3-4-11(7)9/h1-2,5,12H,3-4H2. The molecule has 13 heavy (non-hydrogen) atoms. The summed E-state index contributed by atoms with van der Waals surface area (Å²) in [5.74, 6) is 0.327. The molecule has 0 amide bonds. The van der Waals surface area contributed by atoms with Gasteiger partial charge in [0.1, 0.15) is 5.75 Å². The maximum absolute atomic E-state index is 9.29. The number of hydrogen-bond donors (Lipinski definition) is 1. The minimum Gasteiger partial charge on any atom is -0.508 e. The van der Waals surface area contributed by atoms with Gasteiger partial charge in [0.15, 0.2) is 5.17 Å². The lowest BCUT2D eigenvalue weighted by atomic mass is 10.3. The average Bonchev–Trinajstić information content (AvgIpc) is 2.62. The molecule has 1 aromatic carbocycles. The van der Waals surface area contributed by atoms with Crippen LogP contribution in [0.3, 0.4) is 0 Å². The van der Waals surface area contributed by atoms with Crippen molar-refractivity contribution >= 4 is 22.6 Å². The predicted octanol–water partition coefficient (Wildman–Crippen LogP) is 1.67. The fourth-order valence-corrected chi connectivity index (χ4v) is 2.76. The zero-order chi connectivity index (χ0) is 8.84. The molecule has 3 nitrogen and oxygen atoms in total. The van der Waals surface area contributed by atoms with Crippen molar-refractivity contribution in [3.63, 3.8) is 0 Å². The fraction of sp³-hybridized carbons (Fsp3) is 0.222. The van der Waals surface area contributed by atoms with Crippen molar-refractivity contribution in [3.8, 4) is 5.75 Å². The van der Waals surface area contributed by atoms with Crippen LogP contribution in [0, 0.1) is 0 Å². The molecule has 2 aliphatic rings. The maximum atomic E-state index is 9.29. The zero-order valence-corrected chi connectivity index (χ0v) is 7.71. The molecule has 0 atom stereocenters. The first-order valence-electron chi connectivity index (χ1n) is 4.17. The topological polar surface area (TPSA) is 35.8 Å². The molecule has 0 aliphatic carbocycles. The van der Waals surface area contributed by atoms with Gasteiger partial charge in [-0.1, -0.05) is 0 Å². The first kappa shape index (κ1) is 7.26. The number of phenols is 1.